The van der Waals surface area contributed by atoms with Crippen molar-refractivity contribution in [3.63, 3.8) is 0 Å². The molecule has 4 aromatic rings. The molecule has 0 aliphatic carbocycles. The van der Waals surface area contributed by atoms with Crippen LogP contribution in [0.3, 0.4) is 0 Å². The van der Waals surface area contributed by atoms with Gasteiger partial charge in [-0.3, -0.25) is 14.9 Å². The first-order valence-electron chi connectivity index (χ1n) is 8.75. The number of nitrogens with one attached hydrogen (secondary N) is 1. The maximum absolute atomic E-state index is 13.3. The third-order valence-electron chi connectivity index (χ3n) is 4.44. The molecule has 7 heteroatoms. The summed E-state index contributed by atoms with van der Waals surface area (Å²) in [7, 11) is 3.05. The highest BCUT2D eigenvalue weighted by atomic mass is 32.1. The average Bonchev–Trinajstić information content (AvgIpc) is 3.29. The van der Waals surface area contributed by atoms with E-state index in [1.165, 1.54) is 25.6 Å². The summed E-state index contributed by atoms with van der Waals surface area (Å²) in [5, 5.41) is 4.97. The monoisotopic (exact) mass is 407 g/mol. The van der Waals surface area contributed by atoms with E-state index in [9.17, 15) is 9.59 Å². The molecule has 0 bridgehead atoms. The van der Waals surface area contributed by atoms with Gasteiger partial charge in [0.2, 0.25) is 11.3 Å². The van der Waals surface area contributed by atoms with Crippen LogP contribution in [0.25, 0.3) is 22.1 Å². The van der Waals surface area contributed by atoms with Crippen molar-refractivity contribution in [1.82, 2.24) is 0 Å². The molecule has 0 aliphatic rings. The molecule has 2 heterocycles. The summed E-state index contributed by atoms with van der Waals surface area (Å²) >= 11 is 1.30. The molecule has 146 valence electrons. The highest BCUT2D eigenvalue weighted by Gasteiger charge is 2.20. The molecule has 1 N–H and O–H groups in total. The maximum Gasteiger partial charge on any atom is 0.268 e. The Morgan fingerprint density at radius 1 is 1.00 bits per heavy atom. The Bertz CT molecular complexity index is 1240. The van der Waals surface area contributed by atoms with Gasteiger partial charge < -0.3 is 13.9 Å². The molecular formula is C22H17NO5S. The Hall–Kier alpha value is -3.58. The second-order valence-electron chi connectivity index (χ2n) is 6.13. The van der Waals surface area contributed by atoms with Crippen molar-refractivity contribution in [2.24, 2.45) is 0 Å². The molecule has 0 aliphatic heterocycles. The zero-order chi connectivity index (χ0) is 20.4. The normalized spacial score (nSPS) is 10.7. The number of rotatable bonds is 5. The van der Waals surface area contributed by atoms with E-state index in [1.807, 2.05) is 0 Å². The summed E-state index contributed by atoms with van der Waals surface area (Å²) in [5.74, 6) is 0.734. The Morgan fingerprint density at radius 3 is 2.52 bits per heavy atom. The molecule has 1 amide bonds. The number of methoxy groups -OCH3 is 2. The third kappa shape index (κ3) is 3.48. The molecule has 0 spiro atoms. The van der Waals surface area contributed by atoms with Gasteiger partial charge in [0.05, 0.1) is 30.0 Å². The Morgan fingerprint density at radius 2 is 1.79 bits per heavy atom. The number of hydrogen-bond donors (Lipinski definition) is 1. The van der Waals surface area contributed by atoms with E-state index in [1.54, 1.807) is 60.0 Å². The van der Waals surface area contributed by atoms with Crippen LogP contribution in [0, 0.1) is 0 Å². The first kappa shape index (κ1) is 18.8. The molecule has 0 radical (unpaired) electrons. The molecule has 6 nitrogen and oxygen atoms in total. The minimum absolute atomic E-state index is 0.0827. The lowest BCUT2D eigenvalue weighted by Crippen LogP contribution is -2.15. The van der Waals surface area contributed by atoms with Crippen LogP contribution in [0.2, 0.25) is 0 Å². The summed E-state index contributed by atoms with van der Waals surface area (Å²) in [6.07, 6.45) is 0. The first-order valence-corrected chi connectivity index (χ1v) is 9.63. The van der Waals surface area contributed by atoms with Gasteiger partial charge in [0.15, 0.2) is 11.5 Å². The van der Waals surface area contributed by atoms with Crippen molar-refractivity contribution in [2.75, 3.05) is 19.5 Å². The van der Waals surface area contributed by atoms with Crippen molar-refractivity contribution >= 4 is 34.1 Å². The lowest BCUT2D eigenvalue weighted by atomic mass is 10.0. The van der Waals surface area contributed by atoms with Gasteiger partial charge in [-0.2, -0.15) is 0 Å². The second-order valence-corrected chi connectivity index (χ2v) is 7.08. The maximum atomic E-state index is 13.3. The van der Waals surface area contributed by atoms with Crippen molar-refractivity contribution < 1.29 is 18.7 Å². The Balaban J connectivity index is 1.92. The standard InChI is InChI=1S/C22H17NO5S/c1-26-16-10-9-13(12-17(16)27-2)19-20(24)14-6-3-4-7-15(14)28-22(19)23-21(25)18-8-5-11-29-18/h3-12H,1-2H3,(H,23,25). The number of para-hydroxylation sites is 1. The highest BCUT2D eigenvalue weighted by molar-refractivity contribution is 7.12. The van der Waals surface area contributed by atoms with Gasteiger partial charge in [-0.05, 0) is 41.3 Å². The predicted molar refractivity (Wildman–Crippen MR) is 113 cm³/mol. The molecule has 29 heavy (non-hydrogen) atoms. The third-order valence-corrected chi connectivity index (χ3v) is 5.31. The number of benzene rings is 2. The number of carbonyl (C=O) groups is 1. The van der Waals surface area contributed by atoms with Gasteiger partial charge in [-0.1, -0.05) is 24.3 Å². The zero-order valence-electron chi connectivity index (χ0n) is 15.7. The van der Waals surface area contributed by atoms with Crippen molar-refractivity contribution in [1.29, 1.82) is 0 Å². The van der Waals surface area contributed by atoms with E-state index in [2.05, 4.69) is 5.32 Å². The number of ether oxygens (including phenoxy) is 2. The van der Waals surface area contributed by atoms with Crippen LogP contribution in [0.15, 0.2) is 69.2 Å². The predicted octanol–water partition coefficient (Wildman–Crippen LogP) is 4.79. The topological polar surface area (TPSA) is 77.8 Å². The van der Waals surface area contributed by atoms with E-state index >= 15 is 0 Å². The molecule has 4 rings (SSSR count). The molecule has 0 unspecified atom stereocenters. The number of fused-ring (bicyclic) bond motifs is 1. The zero-order valence-corrected chi connectivity index (χ0v) is 16.5. The molecule has 0 saturated carbocycles. The molecule has 2 aromatic heterocycles. The van der Waals surface area contributed by atoms with Gasteiger partial charge >= 0.3 is 0 Å². The van der Waals surface area contributed by atoms with Crippen LogP contribution in [-0.2, 0) is 0 Å². The van der Waals surface area contributed by atoms with E-state index in [4.69, 9.17) is 13.9 Å². The molecular weight excluding hydrogens is 390 g/mol. The van der Waals surface area contributed by atoms with E-state index in [0.717, 1.165) is 0 Å². The van der Waals surface area contributed by atoms with Crippen LogP contribution < -0.4 is 20.2 Å². The van der Waals surface area contributed by atoms with Crippen LogP contribution in [-0.4, -0.2) is 20.1 Å². The first-order chi connectivity index (χ1) is 14.1. The van der Waals surface area contributed by atoms with Crippen LogP contribution in [0.4, 0.5) is 5.88 Å². The van der Waals surface area contributed by atoms with E-state index in [-0.39, 0.29) is 22.8 Å². The lowest BCUT2D eigenvalue weighted by molar-refractivity contribution is 0.102. The minimum atomic E-state index is -0.347. The lowest BCUT2D eigenvalue weighted by Gasteiger charge is -2.13. The van der Waals surface area contributed by atoms with Gasteiger partial charge in [0.1, 0.15) is 5.58 Å². The van der Waals surface area contributed by atoms with Gasteiger partial charge in [0, 0.05) is 0 Å². The summed E-state index contributed by atoms with van der Waals surface area (Å²) in [6.45, 7) is 0. The Kier molecular flexibility index (Phi) is 5.05. The Labute approximate surface area is 170 Å². The SMILES string of the molecule is COc1ccc(-c2c(NC(=O)c3cccs3)oc3ccccc3c2=O)cc1OC. The van der Waals surface area contributed by atoms with Gasteiger partial charge in [0.25, 0.3) is 5.91 Å². The summed E-state index contributed by atoms with van der Waals surface area (Å²) in [5.41, 5.74) is 0.932. The fourth-order valence-corrected chi connectivity index (χ4v) is 3.68. The number of thiophene rings is 1. The van der Waals surface area contributed by atoms with Crippen molar-refractivity contribution in [3.05, 3.63) is 75.1 Å². The number of amides is 1. The second kappa shape index (κ2) is 7.81. The quantitative estimate of drug-likeness (QED) is 0.515. The summed E-state index contributed by atoms with van der Waals surface area (Å²) in [6, 6.07) is 15.5. The highest BCUT2D eigenvalue weighted by Crippen LogP contribution is 2.35. The minimum Gasteiger partial charge on any atom is -0.493 e. The fourth-order valence-electron chi connectivity index (χ4n) is 3.06. The molecule has 0 fully saturated rings. The van der Waals surface area contributed by atoms with Gasteiger partial charge in [-0.25, -0.2) is 0 Å². The average molecular weight is 407 g/mol. The number of hydrogen-bond acceptors (Lipinski definition) is 6. The van der Waals surface area contributed by atoms with Crippen LogP contribution in [0.1, 0.15) is 9.67 Å². The van der Waals surface area contributed by atoms with Crippen LogP contribution in [0.5, 0.6) is 11.5 Å². The summed E-state index contributed by atoms with van der Waals surface area (Å²) < 4.78 is 16.6. The van der Waals surface area contributed by atoms with E-state index in [0.29, 0.717) is 32.9 Å². The summed E-state index contributed by atoms with van der Waals surface area (Å²) in [4.78, 5) is 26.4. The molecule has 0 saturated heterocycles. The number of carbonyl (C=O) groups excluding carboxylic acids is 1. The van der Waals surface area contributed by atoms with Crippen molar-refractivity contribution in [2.45, 2.75) is 0 Å². The van der Waals surface area contributed by atoms with Crippen LogP contribution >= 0.6 is 11.3 Å². The molecule has 0 atom stereocenters. The smallest absolute Gasteiger partial charge is 0.268 e. The largest absolute Gasteiger partial charge is 0.493 e. The van der Waals surface area contributed by atoms with Crippen molar-refractivity contribution in [3.8, 4) is 22.6 Å². The fraction of sp³-hybridized carbons (Fsp3) is 0.0909. The molecule has 2 aromatic carbocycles. The number of anilines is 1. The van der Waals surface area contributed by atoms with Gasteiger partial charge in [-0.15, -0.1) is 11.3 Å². The van der Waals surface area contributed by atoms with E-state index < -0.39 is 0 Å².